The SMILES string of the molecule is C.CC.NCCC(=O)N1Cc2ccccc2C#Cc2ccccc21. The molecule has 0 spiro atoms. The van der Waals surface area contributed by atoms with E-state index in [1.165, 1.54) is 0 Å². The molecule has 0 saturated carbocycles. The monoisotopic (exact) mass is 322 g/mol. The van der Waals surface area contributed by atoms with Crippen molar-refractivity contribution in [2.45, 2.75) is 34.2 Å². The van der Waals surface area contributed by atoms with Gasteiger partial charge in [-0.3, -0.25) is 4.79 Å². The van der Waals surface area contributed by atoms with Gasteiger partial charge in [0.1, 0.15) is 0 Å². The number of hydrogen-bond acceptors (Lipinski definition) is 2. The number of nitrogens with two attached hydrogens (primary N) is 1. The standard InChI is InChI=1S/C18H16N2O.C2H6.CH4/c19-12-11-18(21)20-13-16-7-2-1-5-14(16)9-10-15-6-3-4-8-17(15)20;1-2;/h1-8H,11-13,19H2;1-2H3;1H4. The summed E-state index contributed by atoms with van der Waals surface area (Å²) >= 11 is 0. The molecule has 24 heavy (non-hydrogen) atoms. The van der Waals surface area contributed by atoms with Gasteiger partial charge >= 0.3 is 0 Å². The summed E-state index contributed by atoms with van der Waals surface area (Å²) in [5, 5.41) is 0. The van der Waals surface area contributed by atoms with Crippen molar-refractivity contribution in [2.75, 3.05) is 11.4 Å². The van der Waals surface area contributed by atoms with Crippen LogP contribution in [0.5, 0.6) is 0 Å². The van der Waals surface area contributed by atoms with E-state index in [1.807, 2.05) is 62.4 Å². The zero-order chi connectivity index (χ0) is 16.7. The first-order valence-corrected chi connectivity index (χ1v) is 7.99. The second kappa shape index (κ2) is 9.54. The Labute approximate surface area is 145 Å². The summed E-state index contributed by atoms with van der Waals surface area (Å²) in [6, 6.07) is 15.7. The van der Waals surface area contributed by atoms with Gasteiger partial charge in [0.05, 0.1) is 12.2 Å². The molecule has 3 heteroatoms. The number of carbonyl (C=O) groups is 1. The summed E-state index contributed by atoms with van der Waals surface area (Å²) < 4.78 is 0. The van der Waals surface area contributed by atoms with E-state index in [1.54, 1.807) is 4.90 Å². The highest BCUT2D eigenvalue weighted by molar-refractivity contribution is 5.95. The normalized spacial score (nSPS) is 11.0. The molecule has 0 aliphatic carbocycles. The van der Waals surface area contributed by atoms with E-state index in [0.29, 0.717) is 19.5 Å². The van der Waals surface area contributed by atoms with Crippen LogP contribution in [0.15, 0.2) is 48.5 Å². The minimum Gasteiger partial charge on any atom is -0.330 e. The lowest BCUT2D eigenvalue weighted by molar-refractivity contribution is -0.118. The topological polar surface area (TPSA) is 46.3 Å². The molecule has 2 N–H and O–H groups in total. The van der Waals surface area contributed by atoms with Gasteiger partial charge in [-0.05, 0) is 23.8 Å². The van der Waals surface area contributed by atoms with Gasteiger partial charge in [-0.15, -0.1) is 0 Å². The molecule has 1 aliphatic heterocycles. The lowest BCUT2D eigenvalue weighted by Gasteiger charge is -2.25. The Morgan fingerprint density at radius 3 is 2.33 bits per heavy atom. The van der Waals surface area contributed by atoms with Crippen LogP contribution in [0.4, 0.5) is 5.69 Å². The highest BCUT2D eigenvalue weighted by atomic mass is 16.2. The van der Waals surface area contributed by atoms with E-state index >= 15 is 0 Å². The van der Waals surface area contributed by atoms with Crippen LogP contribution in [0.2, 0.25) is 0 Å². The van der Waals surface area contributed by atoms with Crippen LogP contribution >= 0.6 is 0 Å². The Hall–Kier alpha value is -2.57. The van der Waals surface area contributed by atoms with Gasteiger partial charge in [-0.1, -0.05) is 63.4 Å². The van der Waals surface area contributed by atoms with E-state index in [2.05, 4.69) is 11.8 Å². The summed E-state index contributed by atoms with van der Waals surface area (Å²) in [6.07, 6.45) is 0.337. The van der Waals surface area contributed by atoms with Crippen molar-refractivity contribution in [2.24, 2.45) is 5.73 Å². The fraction of sp³-hybridized carbons (Fsp3) is 0.286. The Balaban J connectivity index is 0.000000925. The van der Waals surface area contributed by atoms with Crippen LogP contribution < -0.4 is 10.6 Å². The van der Waals surface area contributed by atoms with E-state index < -0.39 is 0 Å². The number of benzene rings is 2. The maximum atomic E-state index is 12.4. The molecule has 0 atom stereocenters. The van der Waals surface area contributed by atoms with Crippen molar-refractivity contribution >= 4 is 11.6 Å². The van der Waals surface area contributed by atoms with Crippen LogP contribution in [0, 0.1) is 11.8 Å². The van der Waals surface area contributed by atoms with Gasteiger partial charge in [0.2, 0.25) is 5.91 Å². The molecule has 2 aromatic rings. The summed E-state index contributed by atoms with van der Waals surface area (Å²) in [5.41, 5.74) is 9.31. The van der Waals surface area contributed by atoms with Crippen molar-refractivity contribution < 1.29 is 4.79 Å². The second-order valence-electron chi connectivity index (χ2n) is 4.94. The Morgan fingerprint density at radius 1 is 1.04 bits per heavy atom. The average Bonchev–Trinajstić information content (AvgIpc) is 2.59. The first kappa shape index (κ1) is 19.5. The Morgan fingerprint density at radius 2 is 1.62 bits per heavy atom. The predicted molar refractivity (Wildman–Crippen MR) is 102 cm³/mol. The maximum absolute atomic E-state index is 12.4. The smallest absolute Gasteiger partial charge is 0.228 e. The summed E-state index contributed by atoms with van der Waals surface area (Å²) in [7, 11) is 0. The second-order valence-corrected chi connectivity index (χ2v) is 4.94. The molecule has 0 fully saturated rings. The number of anilines is 1. The van der Waals surface area contributed by atoms with Crippen LogP contribution in [-0.2, 0) is 11.3 Å². The number of para-hydroxylation sites is 1. The number of carbonyl (C=O) groups excluding carboxylic acids is 1. The molecular formula is C21H26N2O. The third kappa shape index (κ3) is 4.24. The van der Waals surface area contributed by atoms with Gasteiger partial charge < -0.3 is 10.6 Å². The molecule has 0 aromatic heterocycles. The first-order chi connectivity index (χ1) is 11.3. The molecule has 126 valence electrons. The van der Waals surface area contributed by atoms with Crippen molar-refractivity contribution in [1.82, 2.24) is 0 Å². The average molecular weight is 322 g/mol. The fourth-order valence-electron chi connectivity index (χ4n) is 2.47. The summed E-state index contributed by atoms with van der Waals surface area (Å²) in [5.74, 6) is 6.40. The largest absolute Gasteiger partial charge is 0.330 e. The van der Waals surface area contributed by atoms with E-state index in [-0.39, 0.29) is 13.3 Å². The number of nitrogens with zero attached hydrogens (tertiary/aromatic N) is 1. The highest BCUT2D eigenvalue weighted by Gasteiger charge is 2.20. The van der Waals surface area contributed by atoms with Crippen LogP contribution in [0.25, 0.3) is 0 Å². The van der Waals surface area contributed by atoms with Crippen LogP contribution in [-0.4, -0.2) is 12.5 Å². The first-order valence-electron chi connectivity index (χ1n) is 7.99. The lowest BCUT2D eigenvalue weighted by Crippen LogP contribution is -2.33. The molecule has 3 nitrogen and oxygen atoms in total. The molecule has 0 bridgehead atoms. The third-order valence-corrected chi connectivity index (χ3v) is 3.53. The number of amides is 1. The van der Waals surface area contributed by atoms with Crippen molar-refractivity contribution in [1.29, 1.82) is 0 Å². The number of rotatable bonds is 2. The van der Waals surface area contributed by atoms with Crippen molar-refractivity contribution in [3.8, 4) is 11.8 Å². The molecule has 1 aliphatic rings. The minimum absolute atomic E-state index is 0. The molecular weight excluding hydrogens is 296 g/mol. The quantitative estimate of drug-likeness (QED) is 0.851. The molecule has 1 amide bonds. The maximum Gasteiger partial charge on any atom is 0.228 e. The Kier molecular flexibility index (Phi) is 7.74. The van der Waals surface area contributed by atoms with Gasteiger partial charge in [-0.2, -0.15) is 0 Å². The zero-order valence-electron chi connectivity index (χ0n) is 13.7. The van der Waals surface area contributed by atoms with Gasteiger partial charge in [0, 0.05) is 24.1 Å². The van der Waals surface area contributed by atoms with Crippen molar-refractivity contribution in [3.63, 3.8) is 0 Å². The predicted octanol–water partition coefficient (Wildman–Crippen LogP) is 3.94. The van der Waals surface area contributed by atoms with Crippen molar-refractivity contribution in [3.05, 3.63) is 65.2 Å². The lowest BCUT2D eigenvalue weighted by atomic mass is 10.0. The molecule has 2 aromatic carbocycles. The van der Waals surface area contributed by atoms with Gasteiger partial charge in [-0.25, -0.2) is 0 Å². The third-order valence-electron chi connectivity index (χ3n) is 3.53. The van der Waals surface area contributed by atoms with Gasteiger partial charge in [0.25, 0.3) is 0 Å². The summed E-state index contributed by atoms with van der Waals surface area (Å²) in [6.45, 7) is 4.88. The fourth-order valence-corrected chi connectivity index (χ4v) is 2.47. The molecule has 3 rings (SSSR count). The van der Waals surface area contributed by atoms with Crippen LogP contribution in [0.1, 0.15) is 44.4 Å². The van der Waals surface area contributed by atoms with E-state index in [0.717, 1.165) is 22.4 Å². The number of hydrogen-bond donors (Lipinski definition) is 1. The van der Waals surface area contributed by atoms with Crippen LogP contribution in [0.3, 0.4) is 0 Å². The number of fused-ring (bicyclic) bond motifs is 2. The summed E-state index contributed by atoms with van der Waals surface area (Å²) in [4.78, 5) is 14.2. The Bertz CT molecular complexity index is 741. The van der Waals surface area contributed by atoms with Gasteiger partial charge in [0.15, 0.2) is 0 Å². The minimum atomic E-state index is 0. The van der Waals surface area contributed by atoms with E-state index in [9.17, 15) is 4.79 Å². The molecule has 1 heterocycles. The zero-order valence-corrected chi connectivity index (χ0v) is 13.7. The molecule has 0 saturated heterocycles. The molecule has 0 unspecified atom stereocenters. The van der Waals surface area contributed by atoms with E-state index in [4.69, 9.17) is 5.73 Å². The highest BCUT2D eigenvalue weighted by Crippen LogP contribution is 2.25. The molecule has 0 radical (unpaired) electrons.